The van der Waals surface area contributed by atoms with Crippen molar-refractivity contribution in [2.24, 2.45) is 0 Å². The first kappa shape index (κ1) is 22.2. The lowest BCUT2D eigenvalue weighted by Gasteiger charge is -2.11. The van der Waals surface area contributed by atoms with E-state index in [-0.39, 0.29) is 17.2 Å². The minimum absolute atomic E-state index is 0.0550. The van der Waals surface area contributed by atoms with Crippen molar-refractivity contribution in [2.75, 3.05) is 0 Å². The summed E-state index contributed by atoms with van der Waals surface area (Å²) in [6, 6.07) is 26.1. The van der Waals surface area contributed by atoms with Crippen LogP contribution in [-0.4, -0.2) is 16.3 Å². The van der Waals surface area contributed by atoms with Crippen LogP contribution in [0.25, 0.3) is 0 Å². The van der Waals surface area contributed by atoms with Gasteiger partial charge in [0.1, 0.15) is 0 Å². The minimum Gasteiger partial charge on any atom is -0.348 e. The first-order valence-corrected chi connectivity index (χ1v) is 10.8. The Morgan fingerprint density at radius 2 is 1.39 bits per heavy atom. The van der Waals surface area contributed by atoms with Crippen molar-refractivity contribution in [3.05, 3.63) is 140 Å². The molecule has 4 aromatic rings. The monoisotopic (exact) mass is 456 g/mol. The summed E-state index contributed by atoms with van der Waals surface area (Å²) in [7, 11) is 0. The van der Waals surface area contributed by atoms with E-state index in [0.29, 0.717) is 34.8 Å². The molecule has 1 aromatic heterocycles. The molecular formula is C27H21ClN2O3. The van der Waals surface area contributed by atoms with Gasteiger partial charge in [-0.3, -0.25) is 14.4 Å². The lowest BCUT2D eigenvalue weighted by atomic mass is 9.98. The molecule has 0 saturated carbocycles. The number of halogens is 1. The number of carbonyl (C=O) groups is 2. The lowest BCUT2D eigenvalue weighted by Crippen LogP contribution is -2.25. The van der Waals surface area contributed by atoms with Crippen LogP contribution < -0.4 is 10.9 Å². The van der Waals surface area contributed by atoms with Crippen LogP contribution in [0.3, 0.4) is 0 Å². The molecule has 0 fully saturated rings. The van der Waals surface area contributed by atoms with Crippen molar-refractivity contribution in [1.82, 2.24) is 9.88 Å². The van der Waals surface area contributed by atoms with Gasteiger partial charge in [0, 0.05) is 35.0 Å². The summed E-state index contributed by atoms with van der Waals surface area (Å²) in [4.78, 5) is 37.6. The number of nitrogens with one attached hydrogen (secondary N) is 1. The van der Waals surface area contributed by atoms with E-state index in [1.54, 1.807) is 65.4 Å². The van der Waals surface area contributed by atoms with Crippen LogP contribution in [0.5, 0.6) is 0 Å². The molecule has 4 rings (SSSR count). The molecule has 0 radical (unpaired) electrons. The van der Waals surface area contributed by atoms with Crippen LogP contribution in [0.1, 0.15) is 37.4 Å². The van der Waals surface area contributed by atoms with E-state index in [0.717, 1.165) is 11.1 Å². The summed E-state index contributed by atoms with van der Waals surface area (Å²) in [6.07, 6.45) is 1.75. The fourth-order valence-corrected chi connectivity index (χ4v) is 3.59. The van der Waals surface area contributed by atoms with Crippen molar-refractivity contribution in [2.45, 2.75) is 13.1 Å². The first-order chi connectivity index (χ1) is 16.0. The van der Waals surface area contributed by atoms with Gasteiger partial charge >= 0.3 is 0 Å². The number of carbonyl (C=O) groups excluding carboxylic acids is 2. The zero-order chi connectivity index (χ0) is 23.2. The second kappa shape index (κ2) is 10.1. The number of pyridine rings is 1. The van der Waals surface area contributed by atoms with Gasteiger partial charge in [-0.25, -0.2) is 0 Å². The quantitative estimate of drug-likeness (QED) is 0.409. The molecule has 0 aliphatic rings. The maximum absolute atomic E-state index is 12.9. The van der Waals surface area contributed by atoms with Crippen molar-refractivity contribution in [3.8, 4) is 0 Å². The highest BCUT2D eigenvalue weighted by molar-refractivity contribution is 6.30. The molecule has 0 unspecified atom stereocenters. The Bertz CT molecular complexity index is 1340. The molecule has 33 heavy (non-hydrogen) atoms. The Hall–Kier alpha value is -3.96. The van der Waals surface area contributed by atoms with E-state index in [1.807, 2.05) is 30.3 Å². The third kappa shape index (κ3) is 5.45. The van der Waals surface area contributed by atoms with Gasteiger partial charge in [0.2, 0.25) is 0 Å². The molecule has 0 aliphatic heterocycles. The van der Waals surface area contributed by atoms with Crippen molar-refractivity contribution in [3.63, 3.8) is 0 Å². The highest BCUT2D eigenvalue weighted by Crippen LogP contribution is 2.17. The molecule has 0 bridgehead atoms. The topological polar surface area (TPSA) is 68.2 Å². The van der Waals surface area contributed by atoms with E-state index >= 15 is 0 Å². The zero-order valence-electron chi connectivity index (χ0n) is 17.7. The molecular weight excluding hydrogens is 436 g/mol. The zero-order valence-corrected chi connectivity index (χ0v) is 18.5. The van der Waals surface area contributed by atoms with Crippen LogP contribution in [-0.2, 0) is 13.1 Å². The molecule has 1 amide bonds. The fourth-order valence-electron chi connectivity index (χ4n) is 3.46. The summed E-state index contributed by atoms with van der Waals surface area (Å²) < 4.78 is 1.63. The average Bonchev–Trinajstić information content (AvgIpc) is 2.85. The summed E-state index contributed by atoms with van der Waals surface area (Å²) in [5.41, 5.74) is 2.96. The number of aromatic nitrogens is 1. The Balaban J connectivity index is 1.43. The molecule has 1 N–H and O–H groups in total. The van der Waals surface area contributed by atoms with E-state index in [1.165, 1.54) is 6.07 Å². The van der Waals surface area contributed by atoms with Gasteiger partial charge in [-0.05, 0) is 47.5 Å². The summed E-state index contributed by atoms with van der Waals surface area (Å²) in [6.45, 7) is 0.792. The summed E-state index contributed by atoms with van der Waals surface area (Å²) in [5.74, 6) is -0.564. The van der Waals surface area contributed by atoms with Crippen molar-refractivity contribution < 1.29 is 9.59 Å². The molecule has 3 aromatic carbocycles. The number of ketones is 1. The highest BCUT2D eigenvalue weighted by atomic mass is 35.5. The number of amides is 1. The van der Waals surface area contributed by atoms with Gasteiger partial charge in [0.25, 0.3) is 11.5 Å². The van der Waals surface area contributed by atoms with Crippen molar-refractivity contribution in [1.29, 1.82) is 0 Å². The lowest BCUT2D eigenvalue weighted by molar-refractivity contribution is 0.0939. The predicted molar refractivity (Wildman–Crippen MR) is 129 cm³/mol. The second-order valence-corrected chi connectivity index (χ2v) is 7.98. The molecule has 0 saturated heterocycles. The van der Waals surface area contributed by atoms with Gasteiger partial charge in [0.05, 0.1) is 12.1 Å². The fraction of sp³-hybridized carbons (Fsp3) is 0.0741. The summed E-state index contributed by atoms with van der Waals surface area (Å²) in [5, 5.41) is 3.42. The van der Waals surface area contributed by atoms with Gasteiger partial charge in [-0.1, -0.05) is 60.1 Å². The van der Waals surface area contributed by atoms with Gasteiger partial charge in [0.15, 0.2) is 5.78 Å². The van der Waals surface area contributed by atoms with Crippen LogP contribution in [0, 0.1) is 0 Å². The second-order valence-electron chi connectivity index (χ2n) is 7.55. The Labute approximate surface area is 196 Å². The van der Waals surface area contributed by atoms with E-state index < -0.39 is 0 Å². The molecule has 6 heteroatoms. The molecule has 164 valence electrons. The first-order valence-electron chi connectivity index (χ1n) is 10.4. The van der Waals surface area contributed by atoms with Gasteiger partial charge in [-0.15, -0.1) is 0 Å². The number of rotatable bonds is 7. The molecule has 5 nitrogen and oxygen atoms in total. The van der Waals surface area contributed by atoms with Crippen molar-refractivity contribution >= 4 is 23.3 Å². The minimum atomic E-state index is -0.326. The van der Waals surface area contributed by atoms with Crippen LogP contribution >= 0.6 is 11.6 Å². The van der Waals surface area contributed by atoms with E-state index in [4.69, 9.17) is 11.6 Å². The number of hydrogen-bond acceptors (Lipinski definition) is 3. The molecule has 0 spiro atoms. The van der Waals surface area contributed by atoms with E-state index in [9.17, 15) is 14.4 Å². The van der Waals surface area contributed by atoms with Gasteiger partial charge in [-0.2, -0.15) is 0 Å². The standard InChI is InChI=1S/C27H21ClN2O3/c28-22-14-12-21(13-15-22)26(32)23-5-1-2-6-24(23)27(33)29-17-19-8-10-20(11-9-19)18-30-16-4-3-7-25(30)31/h1-16H,17-18H2,(H,29,33). The molecule has 0 atom stereocenters. The normalized spacial score (nSPS) is 10.6. The Morgan fingerprint density at radius 3 is 2.09 bits per heavy atom. The Morgan fingerprint density at radius 1 is 0.758 bits per heavy atom. The average molecular weight is 457 g/mol. The predicted octanol–water partition coefficient (Wildman–Crippen LogP) is 4.71. The maximum atomic E-state index is 12.9. The third-order valence-corrected chi connectivity index (χ3v) is 5.50. The Kier molecular flexibility index (Phi) is 6.81. The molecule has 1 heterocycles. The van der Waals surface area contributed by atoms with Gasteiger partial charge < -0.3 is 9.88 Å². The number of nitrogens with zero attached hydrogens (tertiary/aromatic N) is 1. The van der Waals surface area contributed by atoms with Crippen LogP contribution in [0.2, 0.25) is 5.02 Å². The van der Waals surface area contributed by atoms with Crippen LogP contribution in [0.15, 0.2) is 102 Å². The highest BCUT2D eigenvalue weighted by Gasteiger charge is 2.18. The largest absolute Gasteiger partial charge is 0.348 e. The maximum Gasteiger partial charge on any atom is 0.252 e. The smallest absolute Gasteiger partial charge is 0.252 e. The number of hydrogen-bond donors (Lipinski definition) is 1. The summed E-state index contributed by atoms with van der Waals surface area (Å²) >= 11 is 5.91. The van der Waals surface area contributed by atoms with E-state index in [2.05, 4.69) is 5.32 Å². The third-order valence-electron chi connectivity index (χ3n) is 5.25. The number of benzene rings is 3. The molecule has 0 aliphatic carbocycles. The van der Waals surface area contributed by atoms with Crippen LogP contribution in [0.4, 0.5) is 0 Å². The SMILES string of the molecule is O=C(NCc1ccc(Cn2ccccc2=O)cc1)c1ccccc1C(=O)c1ccc(Cl)cc1.